The van der Waals surface area contributed by atoms with E-state index in [2.05, 4.69) is 31.4 Å². The van der Waals surface area contributed by atoms with Crippen LogP contribution in [0.1, 0.15) is 90.2 Å². The average Bonchev–Trinajstić information content (AvgIpc) is 3.30. The molecule has 1 saturated heterocycles. The number of rotatable bonds is 8. The largest absolute Gasteiger partial charge is 0.416 e. The molecule has 1 heterocycles. The van der Waals surface area contributed by atoms with E-state index in [-0.39, 0.29) is 24.1 Å². The van der Waals surface area contributed by atoms with Crippen molar-refractivity contribution in [1.82, 2.24) is 10.6 Å². The van der Waals surface area contributed by atoms with E-state index in [0.717, 1.165) is 50.7 Å². The highest BCUT2D eigenvalue weighted by Crippen LogP contribution is 2.30. The first kappa shape index (κ1) is 33.3. The van der Waals surface area contributed by atoms with Crippen LogP contribution in [0.4, 0.5) is 17.6 Å². The number of halogens is 4. The molecule has 3 N–H and O–H groups in total. The van der Waals surface area contributed by atoms with Crippen LogP contribution in [0, 0.1) is 17.7 Å². The molecule has 0 spiro atoms. The first-order valence-corrected chi connectivity index (χ1v) is 13.5. The Kier molecular flexibility index (Phi) is 16.0. The van der Waals surface area contributed by atoms with Crippen LogP contribution < -0.4 is 10.6 Å². The van der Waals surface area contributed by atoms with E-state index in [0.29, 0.717) is 30.9 Å². The third-order valence-corrected chi connectivity index (χ3v) is 6.35. The van der Waals surface area contributed by atoms with Crippen LogP contribution in [0.3, 0.4) is 0 Å². The fourth-order valence-electron chi connectivity index (χ4n) is 4.08. The van der Waals surface area contributed by atoms with Crippen LogP contribution in [0.2, 0.25) is 0 Å². The zero-order valence-corrected chi connectivity index (χ0v) is 22.8. The SMILES string of the molecule is CC(C)CCNC1CCOCC1C.CCCC(=O)NCc1cc(F)cc(C(F)(F)F)c1.OC1CCCC1. The first-order valence-electron chi connectivity index (χ1n) is 13.5. The van der Waals surface area contributed by atoms with Gasteiger partial charge in [-0.15, -0.1) is 0 Å². The molecule has 9 heteroatoms. The van der Waals surface area contributed by atoms with Crippen LogP contribution in [0.15, 0.2) is 18.2 Å². The smallest absolute Gasteiger partial charge is 0.393 e. The zero-order valence-electron chi connectivity index (χ0n) is 22.8. The number of nitrogens with one attached hydrogen (secondary N) is 2. The van der Waals surface area contributed by atoms with E-state index in [1.54, 1.807) is 0 Å². The second-order valence-corrected chi connectivity index (χ2v) is 10.4. The van der Waals surface area contributed by atoms with E-state index in [9.17, 15) is 22.4 Å². The molecular formula is C28H46F4N2O3. The Morgan fingerprint density at radius 3 is 2.35 bits per heavy atom. The highest BCUT2D eigenvalue weighted by molar-refractivity contribution is 5.75. The normalized spacial score (nSPS) is 20.1. The minimum absolute atomic E-state index is 0.0463. The summed E-state index contributed by atoms with van der Waals surface area (Å²) < 4.78 is 55.7. The predicted octanol–water partition coefficient (Wildman–Crippen LogP) is 6.23. The molecule has 37 heavy (non-hydrogen) atoms. The Morgan fingerprint density at radius 2 is 1.84 bits per heavy atom. The van der Waals surface area contributed by atoms with Crippen LogP contribution >= 0.6 is 0 Å². The molecule has 0 bridgehead atoms. The summed E-state index contributed by atoms with van der Waals surface area (Å²) in [6.07, 6.45) is 3.41. The lowest BCUT2D eigenvalue weighted by molar-refractivity contribution is -0.137. The maximum Gasteiger partial charge on any atom is 0.416 e. The quantitative estimate of drug-likeness (QED) is 0.346. The van der Waals surface area contributed by atoms with Crippen LogP contribution in [0.5, 0.6) is 0 Å². The number of carbonyl (C=O) groups excluding carboxylic acids is 1. The summed E-state index contributed by atoms with van der Waals surface area (Å²) >= 11 is 0. The fraction of sp³-hybridized carbons (Fsp3) is 0.750. The van der Waals surface area contributed by atoms with Crippen molar-refractivity contribution in [2.45, 2.75) is 104 Å². The van der Waals surface area contributed by atoms with E-state index in [4.69, 9.17) is 9.84 Å². The molecule has 1 aromatic rings. The monoisotopic (exact) mass is 534 g/mol. The molecule has 1 saturated carbocycles. The average molecular weight is 535 g/mol. The summed E-state index contributed by atoms with van der Waals surface area (Å²) in [6, 6.07) is 2.92. The predicted molar refractivity (Wildman–Crippen MR) is 138 cm³/mol. The Bertz CT molecular complexity index is 768. The lowest BCUT2D eigenvalue weighted by Gasteiger charge is -2.29. The molecule has 2 atom stereocenters. The Labute approximate surface area is 219 Å². The number of amides is 1. The highest BCUT2D eigenvalue weighted by atomic mass is 19.4. The van der Waals surface area contributed by atoms with Gasteiger partial charge in [-0.25, -0.2) is 4.39 Å². The Morgan fingerprint density at radius 1 is 1.16 bits per heavy atom. The maximum atomic E-state index is 13.0. The van der Waals surface area contributed by atoms with Gasteiger partial charge >= 0.3 is 6.18 Å². The minimum atomic E-state index is -4.59. The summed E-state index contributed by atoms with van der Waals surface area (Å²) in [5.41, 5.74) is -0.964. The van der Waals surface area contributed by atoms with Gasteiger partial charge in [0.15, 0.2) is 0 Å². The number of hydrogen-bond acceptors (Lipinski definition) is 4. The van der Waals surface area contributed by atoms with Crippen molar-refractivity contribution in [1.29, 1.82) is 0 Å². The van der Waals surface area contributed by atoms with Crippen LogP contribution in [0.25, 0.3) is 0 Å². The standard InChI is InChI=1S/C12H13F4NO.C11H23NO.C5H10O/c1-2-3-11(18)17-7-8-4-9(12(14,15)16)6-10(13)5-8;1-9(2)4-6-12-11-5-7-13-8-10(11)3;6-5-3-1-2-4-5/h4-6H,2-3,7H2,1H3,(H,17,18);9-12H,4-8H2,1-3H3;5-6H,1-4H2. The molecule has 1 aliphatic heterocycles. The Hall–Kier alpha value is -1.71. The molecule has 1 aliphatic carbocycles. The van der Waals surface area contributed by atoms with Crippen molar-refractivity contribution in [3.05, 3.63) is 35.1 Å². The summed E-state index contributed by atoms with van der Waals surface area (Å²) in [6.45, 7) is 11.5. The maximum absolute atomic E-state index is 13.0. The summed E-state index contributed by atoms with van der Waals surface area (Å²) in [4.78, 5) is 11.2. The minimum Gasteiger partial charge on any atom is -0.393 e. The van der Waals surface area contributed by atoms with Gasteiger partial charge in [0.05, 0.1) is 18.3 Å². The first-order chi connectivity index (χ1) is 17.4. The van der Waals surface area contributed by atoms with Gasteiger partial charge in [0.1, 0.15) is 5.82 Å². The molecule has 0 radical (unpaired) electrons. The second kappa shape index (κ2) is 17.7. The van der Waals surface area contributed by atoms with Crippen LogP contribution in [-0.2, 0) is 22.3 Å². The third kappa shape index (κ3) is 15.3. The molecule has 1 amide bonds. The van der Waals surface area contributed by atoms with Crippen molar-refractivity contribution in [3.63, 3.8) is 0 Å². The van der Waals surface area contributed by atoms with Crippen molar-refractivity contribution in [2.24, 2.45) is 11.8 Å². The van der Waals surface area contributed by atoms with Gasteiger partial charge in [-0.2, -0.15) is 13.2 Å². The highest BCUT2D eigenvalue weighted by Gasteiger charge is 2.31. The van der Waals surface area contributed by atoms with E-state index < -0.39 is 17.6 Å². The van der Waals surface area contributed by atoms with Crippen LogP contribution in [-0.4, -0.2) is 42.9 Å². The van der Waals surface area contributed by atoms with Gasteiger partial charge in [0.25, 0.3) is 0 Å². The number of benzene rings is 1. The van der Waals surface area contributed by atoms with Crippen molar-refractivity contribution < 1.29 is 32.2 Å². The lowest BCUT2D eigenvalue weighted by atomic mass is 9.97. The zero-order chi connectivity index (χ0) is 27.8. The Balaban J connectivity index is 0.000000311. The van der Waals surface area contributed by atoms with Gasteiger partial charge < -0.3 is 20.5 Å². The van der Waals surface area contributed by atoms with Crippen molar-refractivity contribution in [2.75, 3.05) is 19.8 Å². The molecule has 2 fully saturated rings. The number of ether oxygens (including phenoxy) is 1. The van der Waals surface area contributed by atoms with Gasteiger partial charge in [-0.3, -0.25) is 4.79 Å². The molecule has 0 aromatic heterocycles. The van der Waals surface area contributed by atoms with E-state index in [1.165, 1.54) is 25.7 Å². The second-order valence-electron chi connectivity index (χ2n) is 10.4. The summed E-state index contributed by atoms with van der Waals surface area (Å²) in [5, 5.41) is 14.8. The fourth-order valence-corrected chi connectivity index (χ4v) is 4.08. The molecule has 3 rings (SSSR count). The summed E-state index contributed by atoms with van der Waals surface area (Å²) in [5.74, 6) is 0.253. The van der Waals surface area contributed by atoms with Gasteiger partial charge in [-0.1, -0.05) is 40.5 Å². The summed E-state index contributed by atoms with van der Waals surface area (Å²) in [7, 11) is 0. The topological polar surface area (TPSA) is 70.6 Å². The molecule has 214 valence electrons. The van der Waals surface area contributed by atoms with Gasteiger partial charge in [0, 0.05) is 25.6 Å². The molecule has 2 unspecified atom stereocenters. The van der Waals surface area contributed by atoms with E-state index >= 15 is 0 Å². The van der Waals surface area contributed by atoms with Crippen molar-refractivity contribution >= 4 is 5.91 Å². The molecule has 2 aliphatic rings. The van der Waals surface area contributed by atoms with Crippen molar-refractivity contribution in [3.8, 4) is 0 Å². The molecule has 1 aromatic carbocycles. The van der Waals surface area contributed by atoms with Gasteiger partial charge in [-0.05, 0) is 74.2 Å². The number of carbonyl (C=O) groups is 1. The third-order valence-electron chi connectivity index (χ3n) is 6.35. The lowest BCUT2D eigenvalue weighted by Crippen LogP contribution is -2.41. The van der Waals surface area contributed by atoms with E-state index in [1.807, 2.05) is 6.92 Å². The molecular weight excluding hydrogens is 488 g/mol. The number of aliphatic hydroxyl groups excluding tert-OH is 1. The van der Waals surface area contributed by atoms with Gasteiger partial charge in [0.2, 0.25) is 5.91 Å². The number of aliphatic hydroxyl groups is 1. The number of hydrogen-bond donors (Lipinski definition) is 3. The number of alkyl halides is 3. The molecule has 5 nitrogen and oxygen atoms in total.